The molecule has 0 amide bonds. The van der Waals surface area contributed by atoms with Gasteiger partial charge in [-0.15, -0.1) is 0 Å². The molecule has 1 aromatic heterocycles. The van der Waals surface area contributed by atoms with Gasteiger partial charge in [0.05, 0.1) is 11.5 Å². The van der Waals surface area contributed by atoms with E-state index in [-0.39, 0.29) is 11.5 Å². The third kappa shape index (κ3) is 5.09. The lowest BCUT2D eigenvalue weighted by Gasteiger charge is -2.08. The number of hydrogen-bond acceptors (Lipinski definition) is 5. The highest BCUT2D eigenvalue weighted by atomic mass is 16.6. The Kier molecular flexibility index (Phi) is 6.07. The minimum atomic E-state index is -0.449. The van der Waals surface area contributed by atoms with Gasteiger partial charge < -0.3 is 10.1 Å². The van der Waals surface area contributed by atoms with Gasteiger partial charge in [-0.2, -0.15) is 0 Å². The van der Waals surface area contributed by atoms with Crippen LogP contribution >= 0.6 is 0 Å². The van der Waals surface area contributed by atoms with Crippen molar-refractivity contribution in [1.29, 1.82) is 0 Å². The van der Waals surface area contributed by atoms with E-state index in [0.29, 0.717) is 25.7 Å². The van der Waals surface area contributed by atoms with Gasteiger partial charge in [0, 0.05) is 25.4 Å². The maximum absolute atomic E-state index is 10.7. The van der Waals surface area contributed by atoms with Gasteiger partial charge in [-0.25, -0.2) is 4.98 Å². The van der Waals surface area contributed by atoms with E-state index in [1.807, 2.05) is 0 Å². The van der Waals surface area contributed by atoms with Gasteiger partial charge in [0.15, 0.2) is 0 Å². The Balaban J connectivity index is 2.29. The van der Waals surface area contributed by atoms with Gasteiger partial charge in [0.1, 0.15) is 0 Å². The lowest BCUT2D eigenvalue weighted by molar-refractivity contribution is -0.384. The van der Waals surface area contributed by atoms with E-state index in [1.165, 1.54) is 12.3 Å². The number of aromatic nitrogens is 1. The van der Waals surface area contributed by atoms with Crippen LogP contribution in [0.5, 0.6) is 0 Å². The zero-order valence-electron chi connectivity index (χ0n) is 10.8. The van der Waals surface area contributed by atoms with Crippen molar-refractivity contribution in [2.45, 2.75) is 20.3 Å². The second-order valence-electron chi connectivity index (χ2n) is 4.35. The molecular weight excluding hydrogens is 234 g/mol. The van der Waals surface area contributed by atoms with Crippen LogP contribution in [-0.2, 0) is 4.74 Å². The molecule has 0 aromatic carbocycles. The van der Waals surface area contributed by atoms with E-state index in [9.17, 15) is 10.1 Å². The van der Waals surface area contributed by atoms with Gasteiger partial charge >= 0.3 is 5.69 Å². The zero-order valence-corrected chi connectivity index (χ0v) is 10.8. The highest BCUT2D eigenvalue weighted by molar-refractivity contribution is 5.54. The fourth-order valence-electron chi connectivity index (χ4n) is 1.34. The summed E-state index contributed by atoms with van der Waals surface area (Å²) in [5, 5.41) is 13.6. The van der Waals surface area contributed by atoms with Crippen LogP contribution in [0.15, 0.2) is 18.3 Å². The first-order chi connectivity index (χ1) is 8.61. The van der Waals surface area contributed by atoms with Crippen molar-refractivity contribution < 1.29 is 9.66 Å². The quantitative estimate of drug-likeness (QED) is 0.437. The molecule has 100 valence electrons. The van der Waals surface area contributed by atoms with Crippen molar-refractivity contribution >= 4 is 11.5 Å². The summed E-state index contributed by atoms with van der Waals surface area (Å²) in [6, 6.07) is 2.97. The number of ether oxygens (including phenoxy) is 1. The summed E-state index contributed by atoms with van der Waals surface area (Å²) < 4.78 is 5.41. The normalized spacial score (nSPS) is 10.6. The van der Waals surface area contributed by atoms with Crippen molar-refractivity contribution in [2.75, 3.05) is 25.1 Å². The van der Waals surface area contributed by atoms with Crippen LogP contribution in [0.25, 0.3) is 0 Å². The topological polar surface area (TPSA) is 77.3 Å². The average molecular weight is 253 g/mol. The molecular formula is C12H19N3O3. The summed E-state index contributed by atoms with van der Waals surface area (Å²) in [6.07, 6.45) is 2.54. The molecule has 0 saturated heterocycles. The standard InChI is InChI=1S/C12H19N3O3/c1-10(2)5-8-18-9-7-14-12-11(15(16)17)4-3-6-13-12/h3-4,6,10H,5,7-9H2,1-2H3,(H,13,14). The number of nitrogens with one attached hydrogen (secondary N) is 1. The summed E-state index contributed by atoms with van der Waals surface area (Å²) in [5.74, 6) is 0.907. The highest BCUT2D eigenvalue weighted by Crippen LogP contribution is 2.19. The monoisotopic (exact) mass is 253 g/mol. The molecule has 6 heteroatoms. The molecule has 0 bridgehead atoms. The largest absolute Gasteiger partial charge is 0.380 e. The van der Waals surface area contributed by atoms with Gasteiger partial charge in [-0.3, -0.25) is 10.1 Å². The van der Waals surface area contributed by atoms with Gasteiger partial charge in [-0.1, -0.05) is 13.8 Å². The van der Waals surface area contributed by atoms with E-state index in [4.69, 9.17) is 4.74 Å². The van der Waals surface area contributed by atoms with Crippen LogP contribution in [-0.4, -0.2) is 29.7 Å². The average Bonchev–Trinajstić information content (AvgIpc) is 2.33. The first-order valence-corrected chi connectivity index (χ1v) is 6.02. The predicted molar refractivity (Wildman–Crippen MR) is 69.7 cm³/mol. The first-order valence-electron chi connectivity index (χ1n) is 6.02. The third-order valence-corrected chi connectivity index (χ3v) is 2.36. The second-order valence-corrected chi connectivity index (χ2v) is 4.35. The molecule has 0 saturated carbocycles. The molecule has 0 spiro atoms. The number of hydrogen-bond donors (Lipinski definition) is 1. The zero-order chi connectivity index (χ0) is 13.4. The molecule has 1 aromatic rings. The highest BCUT2D eigenvalue weighted by Gasteiger charge is 2.12. The van der Waals surface area contributed by atoms with Crippen LogP contribution in [0.3, 0.4) is 0 Å². The van der Waals surface area contributed by atoms with Crippen molar-refractivity contribution in [1.82, 2.24) is 4.98 Å². The molecule has 0 aliphatic rings. The summed E-state index contributed by atoms with van der Waals surface area (Å²) in [5.41, 5.74) is -0.0142. The van der Waals surface area contributed by atoms with E-state index < -0.39 is 4.92 Å². The van der Waals surface area contributed by atoms with Crippen LogP contribution in [0, 0.1) is 16.0 Å². The first kappa shape index (κ1) is 14.4. The van der Waals surface area contributed by atoms with E-state index in [2.05, 4.69) is 24.1 Å². The van der Waals surface area contributed by atoms with Gasteiger partial charge in [-0.05, 0) is 18.4 Å². The summed E-state index contributed by atoms with van der Waals surface area (Å²) in [7, 11) is 0. The van der Waals surface area contributed by atoms with E-state index in [0.717, 1.165) is 6.42 Å². The lowest BCUT2D eigenvalue weighted by atomic mass is 10.1. The van der Waals surface area contributed by atoms with Crippen LogP contribution in [0.1, 0.15) is 20.3 Å². The second kappa shape index (κ2) is 7.60. The molecule has 1 heterocycles. The Labute approximate surface area is 107 Å². The van der Waals surface area contributed by atoms with E-state index in [1.54, 1.807) is 6.07 Å². The molecule has 6 nitrogen and oxygen atoms in total. The Hall–Kier alpha value is -1.69. The molecule has 0 fully saturated rings. The van der Waals surface area contributed by atoms with Crippen molar-refractivity contribution in [3.05, 3.63) is 28.4 Å². The number of nitrogens with zero attached hydrogens (tertiary/aromatic N) is 2. The number of rotatable bonds is 8. The molecule has 1 rings (SSSR count). The Morgan fingerprint density at radius 3 is 2.94 bits per heavy atom. The summed E-state index contributed by atoms with van der Waals surface area (Å²) >= 11 is 0. The predicted octanol–water partition coefficient (Wildman–Crippen LogP) is 2.46. The molecule has 1 N–H and O–H groups in total. The molecule has 0 atom stereocenters. The minimum absolute atomic E-state index is 0.0142. The maximum atomic E-state index is 10.7. The van der Waals surface area contributed by atoms with Gasteiger partial charge in [0.25, 0.3) is 0 Å². The number of nitro groups is 1. The Morgan fingerprint density at radius 2 is 2.28 bits per heavy atom. The third-order valence-electron chi connectivity index (χ3n) is 2.36. The van der Waals surface area contributed by atoms with Crippen molar-refractivity contribution in [3.8, 4) is 0 Å². The fraction of sp³-hybridized carbons (Fsp3) is 0.583. The Bertz CT molecular complexity index is 383. The molecule has 0 radical (unpaired) electrons. The summed E-state index contributed by atoms with van der Waals surface area (Å²) in [6.45, 7) is 6.01. The van der Waals surface area contributed by atoms with Gasteiger partial charge in [0.2, 0.25) is 5.82 Å². The SMILES string of the molecule is CC(C)CCOCCNc1ncccc1[N+](=O)[O-]. The lowest BCUT2D eigenvalue weighted by Crippen LogP contribution is -2.12. The maximum Gasteiger partial charge on any atom is 0.311 e. The number of anilines is 1. The smallest absolute Gasteiger partial charge is 0.311 e. The van der Waals surface area contributed by atoms with Crippen LogP contribution < -0.4 is 5.32 Å². The van der Waals surface area contributed by atoms with Crippen LogP contribution in [0.4, 0.5) is 11.5 Å². The van der Waals surface area contributed by atoms with E-state index >= 15 is 0 Å². The molecule has 18 heavy (non-hydrogen) atoms. The van der Waals surface area contributed by atoms with Crippen molar-refractivity contribution in [2.24, 2.45) is 5.92 Å². The van der Waals surface area contributed by atoms with Crippen LogP contribution in [0.2, 0.25) is 0 Å². The van der Waals surface area contributed by atoms with Crippen molar-refractivity contribution in [3.63, 3.8) is 0 Å². The minimum Gasteiger partial charge on any atom is -0.380 e. The molecule has 0 aliphatic carbocycles. The number of pyridine rings is 1. The fourth-order valence-corrected chi connectivity index (χ4v) is 1.34. The molecule has 0 unspecified atom stereocenters. The Morgan fingerprint density at radius 1 is 1.50 bits per heavy atom. The molecule has 0 aliphatic heterocycles. The summed E-state index contributed by atoms with van der Waals surface area (Å²) in [4.78, 5) is 14.2.